The summed E-state index contributed by atoms with van der Waals surface area (Å²) < 4.78 is 51.8. The van der Waals surface area contributed by atoms with Gasteiger partial charge in [-0.1, -0.05) is 18.2 Å². The first-order chi connectivity index (χ1) is 13.9. The first-order valence-electron chi connectivity index (χ1n) is 8.53. The minimum atomic E-state index is -4.73. The van der Waals surface area contributed by atoms with E-state index in [2.05, 4.69) is 19.9 Å². The third kappa shape index (κ3) is 4.45. The standard InChI is InChI=1S/C20H14F3N3O3/c1-12-9-25-15(10-24-12)11-27-19-17-8-14(4-7-18(17)29-26-19)13-2-5-16(6-3-13)28-20(21,22)23/h2-10H,11H2,1H3. The largest absolute Gasteiger partial charge is 0.573 e. The quantitative estimate of drug-likeness (QED) is 0.465. The average Bonchev–Trinajstić information content (AvgIpc) is 3.09. The van der Waals surface area contributed by atoms with Crippen LogP contribution in [0.15, 0.2) is 59.4 Å². The molecule has 2 aromatic heterocycles. The zero-order chi connectivity index (χ0) is 20.4. The van der Waals surface area contributed by atoms with Crippen molar-refractivity contribution in [1.29, 1.82) is 0 Å². The summed E-state index contributed by atoms with van der Waals surface area (Å²) in [5.74, 6) is 0.0109. The summed E-state index contributed by atoms with van der Waals surface area (Å²) in [5.41, 5.74) is 3.44. The molecule has 29 heavy (non-hydrogen) atoms. The Morgan fingerprint density at radius 1 is 0.966 bits per heavy atom. The Labute approximate surface area is 162 Å². The predicted molar refractivity (Wildman–Crippen MR) is 97.2 cm³/mol. The van der Waals surface area contributed by atoms with Gasteiger partial charge < -0.3 is 14.0 Å². The van der Waals surface area contributed by atoms with Crippen molar-refractivity contribution in [2.45, 2.75) is 19.9 Å². The van der Waals surface area contributed by atoms with Gasteiger partial charge in [0.2, 0.25) is 0 Å². The molecule has 9 heteroatoms. The second-order valence-electron chi connectivity index (χ2n) is 6.21. The average molecular weight is 401 g/mol. The van der Waals surface area contributed by atoms with E-state index in [9.17, 15) is 13.2 Å². The van der Waals surface area contributed by atoms with Crippen LogP contribution in [0.25, 0.3) is 22.1 Å². The fourth-order valence-electron chi connectivity index (χ4n) is 2.69. The molecule has 2 heterocycles. The lowest BCUT2D eigenvalue weighted by Crippen LogP contribution is -2.16. The van der Waals surface area contributed by atoms with Crippen LogP contribution in [-0.4, -0.2) is 21.5 Å². The van der Waals surface area contributed by atoms with E-state index in [1.54, 1.807) is 30.6 Å². The lowest BCUT2D eigenvalue weighted by molar-refractivity contribution is -0.274. The summed E-state index contributed by atoms with van der Waals surface area (Å²) in [5, 5.41) is 4.56. The smallest absolute Gasteiger partial charge is 0.468 e. The number of hydrogen-bond donors (Lipinski definition) is 0. The highest BCUT2D eigenvalue weighted by atomic mass is 19.4. The highest BCUT2D eigenvalue weighted by Gasteiger charge is 2.30. The van der Waals surface area contributed by atoms with Gasteiger partial charge in [-0.05, 0) is 47.5 Å². The summed E-state index contributed by atoms with van der Waals surface area (Å²) in [6.45, 7) is 2.01. The molecule has 0 aliphatic carbocycles. The molecule has 0 N–H and O–H groups in total. The van der Waals surface area contributed by atoms with E-state index >= 15 is 0 Å². The Bertz CT molecular complexity index is 1120. The van der Waals surface area contributed by atoms with Gasteiger partial charge in [0.25, 0.3) is 5.88 Å². The van der Waals surface area contributed by atoms with Crippen molar-refractivity contribution in [2.24, 2.45) is 0 Å². The number of rotatable bonds is 5. The maximum absolute atomic E-state index is 12.3. The summed E-state index contributed by atoms with van der Waals surface area (Å²) in [7, 11) is 0. The number of alkyl halides is 3. The van der Waals surface area contributed by atoms with Crippen LogP contribution >= 0.6 is 0 Å². The number of halogens is 3. The third-order valence-corrected chi connectivity index (χ3v) is 4.05. The molecule has 0 bridgehead atoms. The van der Waals surface area contributed by atoms with Crippen molar-refractivity contribution in [3.05, 3.63) is 66.2 Å². The molecular weight excluding hydrogens is 387 g/mol. The third-order valence-electron chi connectivity index (χ3n) is 4.05. The molecule has 0 aliphatic heterocycles. The molecule has 4 aromatic rings. The number of aryl methyl sites for hydroxylation is 1. The molecule has 0 amide bonds. The van der Waals surface area contributed by atoms with Gasteiger partial charge in [-0.2, -0.15) is 0 Å². The van der Waals surface area contributed by atoms with Crippen molar-refractivity contribution in [3.8, 4) is 22.8 Å². The lowest BCUT2D eigenvalue weighted by Gasteiger charge is -2.09. The van der Waals surface area contributed by atoms with Crippen LogP contribution in [0.5, 0.6) is 11.6 Å². The van der Waals surface area contributed by atoms with E-state index in [-0.39, 0.29) is 12.4 Å². The zero-order valence-electron chi connectivity index (χ0n) is 15.1. The van der Waals surface area contributed by atoms with Crippen molar-refractivity contribution < 1.29 is 27.2 Å². The van der Waals surface area contributed by atoms with Crippen LogP contribution in [0.1, 0.15) is 11.4 Å². The Kier molecular flexibility index (Phi) is 4.79. The summed E-state index contributed by atoms with van der Waals surface area (Å²) in [4.78, 5) is 8.38. The highest BCUT2D eigenvalue weighted by molar-refractivity contribution is 5.87. The first kappa shape index (κ1) is 18.7. The maximum Gasteiger partial charge on any atom is 0.573 e. The summed E-state index contributed by atoms with van der Waals surface area (Å²) >= 11 is 0. The second kappa shape index (κ2) is 7.42. The van der Waals surface area contributed by atoms with E-state index in [0.717, 1.165) is 11.3 Å². The molecule has 0 spiro atoms. The van der Waals surface area contributed by atoms with E-state index in [1.807, 2.05) is 6.92 Å². The van der Waals surface area contributed by atoms with Crippen LogP contribution in [-0.2, 0) is 6.61 Å². The molecule has 0 fully saturated rings. The van der Waals surface area contributed by atoms with Crippen LogP contribution in [0, 0.1) is 6.92 Å². The summed E-state index contributed by atoms with van der Waals surface area (Å²) in [6, 6.07) is 10.9. The fraction of sp³-hybridized carbons (Fsp3) is 0.150. The SMILES string of the molecule is Cc1cnc(COc2noc3ccc(-c4ccc(OC(F)(F)F)cc4)cc23)cn1. The van der Waals surface area contributed by atoms with Crippen LogP contribution in [0.3, 0.4) is 0 Å². The first-order valence-corrected chi connectivity index (χ1v) is 8.53. The van der Waals surface area contributed by atoms with Gasteiger partial charge in [0.05, 0.1) is 23.0 Å². The topological polar surface area (TPSA) is 70.3 Å². The highest BCUT2D eigenvalue weighted by Crippen LogP contribution is 2.32. The Balaban J connectivity index is 1.55. The van der Waals surface area contributed by atoms with Crippen molar-refractivity contribution in [1.82, 2.24) is 15.1 Å². The molecular formula is C20H14F3N3O3. The fourth-order valence-corrected chi connectivity index (χ4v) is 2.69. The minimum Gasteiger partial charge on any atom is -0.468 e. The number of fused-ring (bicyclic) bond motifs is 1. The van der Waals surface area contributed by atoms with Gasteiger partial charge in [-0.3, -0.25) is 9.97 Å². The lowest BCUT2D eigenvalue weighted by atomic mass is 10.0. The number of hydrogen-bond acceptors (Lipinski definition) is 6. The molecule has 4 rings (SSSR count). The van der Waals surface area contributed by atoms with Crippen molar-refractivity contribution >= 4 is 11.0 Å². The Morgan fingerprint density at radius 3 is 2.41 bits per heavy atom. The second-order valence-corrected chi connectivity index (χ2v) is 6.21. The number of benzene rings is 2. The van der Waals surface area contributed by atoms with Gasteiger partial charge in [0.15, 0.2) is 5.58 Å². The number of nitrogens with zero attached hydrogens (tertiary/aromatic N) is 3. The van der Waals surface area contributed by atoms with Crippen molar-refractivity contribution in [3.63, 3.8) is 0 Å². The molecule has 148 valence electrons. The zero-order valence-corrected chi connectivity index (χ0v) is 15.1. The van der Waals surface area contributed by atoms with E-state index in [0.29, 0.717) is 28.1 Å². The van der Waals surface area contributed by atoms with E-state index in [1.165, 1.54) is 24.3 Å². The molecule has 2 aromatic carbocycles. The van der Waals surface area contributed by atoms with Crippen LogP contribution in [0.2, 0.25) is 0 Å². The molecule has 0 unspecified atom stereocenters. The Hall–Kier alpha value is -3.62. The maximum atomic E-state index is 12.3. The molecule has 6 nitrogen and oxygen atoms in total. The van der Waals surface area contributed by atoms with Gasteiger partial charge in [-0.25, -0.2) is 0 Å². The van der Waals surface area contributed by atoms with Gasteiger partial charge in [-0.15, -0.1) is 13.2 Å². The number of aromatic nitrogens is 3. The Morgan fingerprint density at radius 2 is 1.72 bits per heavy atom. The molecule has 0 saturated heterocycles. The molecule has 0 atom stereocenters. The van der Waals surface area contributed by atoms with Crippen LogP contribution in [0.4, 0.5) is 13.2 Å². The van der Waals surface area contributed by atoms with E-state index < -0.39 is 6.36 Å². The van der Waals surface area contributed by atoms with E-state index in [4.69, 9.17) is 9.26 Å². The molecule has 0 radical (unpaired) electrons. The minimum absolute atomic E-state index is 0.169. The van der Waals surface area contributed by atoms with Crippen LogP contribution < -0.4 is 9.47 Å². The molecule has 0 saturated carbocycles. The van der Waals surface area contributed by atoms with Gasteiger partial charge in [0, 0.05) is 6.20 Å². The van der Waals surface area contributed by atoms with Gasteiger partial charge in [0.1, 0.15) is 12.4 Å². The monoisotopic (exact) mass is 401 g/mol. The number of ether oxygens (including phenoxy) is 2. The normalized spacial score (nSPS) is 11.6. The molecule has 0 aliphatic rings. The van der Waals surface area contributed by atoms with Crippen molar-refractivity contribution in [2.75, 3.05) is 0 Å². The van der Waals surface area contributed by atoms with Gasteiger partial charge >= 0.3 is 6.36 Å². The predicted octanol–water partition coefficient (Wildman–Crippen LogP) is 5.07. The summed E-state index contributed by atoms with van der Waals surface area (Å²) in [6.07, 6.45) is -1.46.